The molecule has 94 valence electrons. The molecule has 1 fully saturated rings. The Balaban J connectivity index is 1.67. The maximum atomic E-state index is 5.97. The Hall–Kier alpha value is -1.68. The lowest BCUT2D eigenvalue weighted by molar-refractivity contribution is 0.655. The van der Waals surface area contributed by atoms with E-state index >= 15 is 0 Å². The molecule has 0 radical (unpaired) electrons. The first-order valence-corrected chi connectivity index (χ1v) is 7.15. The first kappa shape index (κ1) is 11.4. The number of rotatable bonds is 2. The average molecular weight is 259 g/mol. The summed E-state index contributed by atoms with van der Waals surface area (Å²) in [5, 5.41) is 4.16. The van der Waals surface area contributed by atoms with Crippen LogP contribution in [0.25, 0.3) is 0 Å². The summed E-state index contributed by atoms with van der Waals surface area (Å²) >= 11 is 1.68. The lowest BCUT2D eigenvalue weighted by Gasteiger charge is -2.37. The Labute approximate surface area is 111 Å². The number of hydrogen-bond acceptors (Lipinski definition) is 4. The molecule has 1 aliphatic rings. The molecule has 0 spiro atoms. The van der Waals surface area contributed by atoms with E-state index in [2.05, 4.69) is 45.5 Å². The van der Waals surface area contributed by atoms with Crippen LogP contribution >= 0.6 is 11.3 Å². The topological polar surface area (TPSA) is 32.5 Å². The standard InChI is InChI=1S/C14H17N3S/c15-13-10-18-11-14(13)17-8-6-16(7-9-17)12-4-2-1-3-5-12/h1-5,10-11H,6-9,15H2. The summed E-state index contributed by atoms with van der Waals surface area (Å²) in [6.07, 6.45) is 0. The minimum absolute atomic E-state index is 0.910. The quantitative estimate of drug-likeness (QED) is 0.900. The highest BCUT2D eigenvalue weighted by molar-refractivity contribution is 7.08. The molecule has 0 saturated carbocycles. The largest absolute Gasteiger partial charge is 0.396 e. The molecule has 2 aromatic rings. The van der Waals surface area contributed by atoms with Crippen molar-refractivity contribution in [3.8, 4) is 0 Å². The van der Waals surface area contributed by atoms with Gasteiger partial charge < -0.3 is 15.5 Å². The van der Waals surface area contributed by atoms with Gasteiger partial charge >= 0.3 is 0 Å². The number of nitrogens with two attached hydrogens (primary N) is 1. The minimum Gasteiger partial charge on any atom is -0.396 e. The summed E-state index contributed by atoms with van der Waals surface area (Å²) in [7, 11) is 0. The minimum atomic E-state index is 0.910. The Morgan fingerprint density at radius 1 is 0.889 bits per heavy atom. The van der Waals surface area contributed by atoms with Crippen LogP contribution in [-0.4, -0.2) is 26.2 Å². The number of para-hydroxylation sites is 1. The number of anilines is 3. The van der Waals surface area contributed by atoms with Gasteiger partial charge in [-0.15, -0.1) is 11.3 Å². The molecular weight excluding hydrogens is 242 g/mol. The van der Waals surface area contributed by atoms with Gasteiger partial charge in [0.2, 0.25) is 0 Å². The second kappa shape index (κ2) is 4.90. The SMILES string of the molecule is Nc1cscc1N1CCN(c2ccccc2)CC1. The Morgan fingerprint density at radius 2 is 1.56 bits per heavy atom. The second-order valence-corrected chi connectivity index (χ2v) is 5.27. The van der Waals surface area contributed by atoms with Gasteiger partial charge in [-0.2, -0.15) is 0 Å². The zero-order valence-corrected chi connectivity index (χ0v) is 11.1. The van der Waals surface area contributed by atoms with Gasteiger partial charge in [0.05, 0.1) is 11.4 Å². The maximum Gasteiger partial charge on any atom is 0.0710 e. The predicted octanol–water partition coefficient (Wildman–Crippen LogP) is 2.66. The first-order valence-electron chi connectivity index (χ1n) is 6.21. The van der Waals surface area contributed by atoms with E-state index in [-0.39, 0.29) is 0 Å². The van der Waals surface area contributed by atoms with E-state index in [1.165, 1.54) is 11.4 Å². The zero-order valence-electron chi connectivity index (χ0n) is 10.2. The molecule has 3 rings (SSSR count). The van der Waals surface area contributed by atoms with Crippen LogP contribution in [-0.2, 0) is 0 Å². The van der Waals surface area contributed by atoms with Crippen LogP contribution in [0.15, 0.2) is 41.1 Å². The molecule has 1 aromatic heterocycles. The van der Waals surface area contributed by atoms with Crippen molar-refractivity contribution in [1.82, 2.24) is 0 Å². The molecule has 1 aromatic carbocycles. The third kappa shape index (κ3) is 2.16. The van der Waals surface area contributed by atoms with E-state index in [0.717, 1.165) is 31.9 Å². The fourth-order valence-corrected chi connectivity index (χ4v) is 3.15. The van der Waals surface area contributed by atoms with Crippen LogP contribution in [0.1, 0.15) is 0 Å². The van der Waals surface area contributed by atoms with Crippen molar-refractivity contribution >= 4 is 28.4 Å². The van der Waals surface area contributed by atoms with E-state index < -0.39 is 0 Å². The molecule has 1 saturated heterocycles. The summed E-state index contributed by atoms with van der Waals surface area (Å²) in [6.45, 7) is 4.18. The maximum absolute atomic E-state index is 5.97. The highest BCUT2D eigenvalue weighted by Crippen LogP contribution is 2.28. The van der Waals surface area contributed by atoms with Gasteiger partial charge in [0.25, 0.3) is 0 Å². The predicted molar refractivity (Wildman–Crippen MR) is 79.6 cm³/mol. The van der Waals surface area contributed by atoms with Crippen molar-refractivity contribution in [2.24, 2.45) is 0 Å². The number of thiophene rings is 1. The third-order valence-corrected chi connectivity index (χ3v) is 4.16. The number of piperazine rings is 1. The van der Waals surface area contributed by atoms with Crippen LogP contribution in [0.4, 0.5) is 17.1 Å². The van der Waals surface area contributed by atoms with Crippen molar-refractivity contribution in [2.45, 2.75) is 0 Å². The van der Waals surface area contributed by atoms with Crippen LogP contribution in [0.5, 0.6) is 0 Å². The molecule has 18 heavy (non-hydrogen) atoms. The molecule has 0 atom stereocenters. The molecule has 1 aliphatic heterocycles. The summed E-state index contributed by atoms with van der Waals surface area (Å²) < 4.78 is 0. The molecule has 2 N–H and O–H groups in total. The Bertz CT molecular complexity index is 501. The van der Waals surface area contributed by atoms with Gasteiger partial charge in [-0.1, -0.05) is 18.2 Å². The van der Waals surface area contributed by atoms with Gasteiger partial charge in [0.1, 0.15) is 0 Å². The number of nitrogens with zero attached hydrogens (tertiary/aromatic N) is 2. The molecule has 3 nitrogen and oxygen atoms in total. The third-order valence-electron chi connectivity index (χ3n) is 3.41. The lowest BCUT2D eigenvalue weighted by Crippen LogP contribution is -2.46. The number of hydrogen-bond donors (Lipinski definition) is 1. The van der Waals surface area contributed by atoms with Gasteiger partial charge in [0.15, 0.2) is 0 Å². The summed E-state index contributed by atoms with van der Waals surface area (Å²) in [4.78, 5) is 4.81. The highest BCUT2D eigenvalue weighted by atomic mass is 32.1. The molecule has 0 amide bonds. The van der Waals surface area contributed by atoms with Gasteiger partial charge in [-0.05, 0) is 12.1 Å². The fraction of sp³-hybridized carbons (Fsp3) is 0.286. The molecular formula is C14H17N3S. The summed E-state index contributed by atoms with van der Waals surface area (Å²) in [5.74, 6) is 0. The van der Waals surface area contributed by atoms with Crippen molar-refractivity contribution < 1.29 is 0 Å². The van der Waals surface area contributed by atoms with Crippen molar-refractivity contribution in [3.05, 3.63) is 41.1 Å². The van der Waals surface area contributed by atoms with Gasteiger partial charge in [-0.25, -0.2) is 0 Å². The normalized spacial score (nSPS) is 16.0. The Kier molecular flexibility index (Phi) is 3.11. The molecule has 2 heterocycles. The lowest BCUT2D eigenvalue weighted by atomic mass is 10.2. The summed E-state index contributed by atoms with van der Waals surface area (Å²) in [6, 6.07) is 10.6. The van der Waals surface area contributed by atoms with Crippen LogP contribution < -0.4 is 15.5 Å². The number of nitrogen functional groups attached to an aromatic ring is 1. The second-order valence-electron chi connectivity index (χ2n) is 4.52. The van der Waals surface area contributed by atoms with E-state index in [9.17, 15) is 0 Å². The van der Waals surface area contributed by atoms with Gasteiger partial charge in [-0.3, -0.25) is 0 Å². The highest BCUT2D eigenvalue weighted by Gasteiger charge is 2.18. The first-order chi connectivity index (χ1) is 8.84. The van der Waals surface area contributed by atoms with E-state index in [1.54, 1.807) is 11.3 Å². The molecule has 0 bridgehead atoms. The van der Waals surface area contributed by atoms with Crippen molar-refractivity contribution in [3.63, 3.8) is 0 Å². The average Bonchev–Trinajstić information content (AvgIpc) is 2.86. The van der Waals surface area contributed by atoms with Crippen LogP contribution in [0.3, 0.4) is 0 Å². The Morgan fingerprint density at radius 3 is 2.17 bits per heavy atom. The number of benzene rings is 1. The smallest absolute Gasteiger partial charge is 0.0710 e. The van der Waals surface area contributed by atoms with E-state index in [4.69, 9.17) is 5.73 Å². The monoisotopic (exact) mass is 259 g/mol. The van der Waals surface area contributed by atoms with Crippen molar-refractivity contribution in [1.29, 1.82) is 0 Å². The summed E-state index contributed by atoms with van der Waals surface area (Å²) in [5.41, 5.74) is 9.40. The fourth-order valence-electron chi connectivity index (χ4n) is 2.40. The molecule has 0 unspecified atom stereocenters. The zero-order chi connectivity index (χ0) is 12.4. The molecule has 0 aliphatic carbocycles. The van der Waals surface area contributed by atoms with Crippen LogP contribution in [0, 0.1) is 0 Å². The van der Waals surface area contributed by atoms with Crippen molar-refractivity contribution in [2.75, 3.05) is 41.7 Å². The van der Waals surface area contributed by atoms with E-state index in [0.29, 0.717) is 0 Å². The van der Waals surface area contributed by atoms with Gasteiger partial charge in [0, 0.05) is 42.6 Å². The van der Waals surface area contributed by atoms with E-state index in [1.807, 2.05) is 5.38 Å². The van der Waals surface area contributed by atoms with Crippen LogP contribution in [0.2, 0.25) is 0 Å². The molecule has 4 heteroatoms.